The van der Waals surface area contributed by atoms with Crippen molar-refractivity contribution >= 4 is 34.4 Å². The fourth-order valence-corrected chi connectivity index (χ4v) is 3.12. The SMILES string of the molecule is NC(=O)[C@@H](Cc1ccc(I)cc1)NC(=O)c1ccc(-c2ccccc2)cc1. The minimum absolute atomic E-state index is 0.316. The minimum Gasteiger partial charge on any atom is -0.368 e. The topological polar surface area (TPSA) is 72.2 Å². The van der Waals surface area contributed by atoms with E-state index in [-0.39, 0.29) is 5.91 Å². The average molecular weight is 470 g/mol. The quantitative estimate of drug-likeness (QED) is 0.539. The molecule has 0 unspecified atom stereocenters. The molecule has 3 N–H and O–H groups in total. The van der Waals surface area contributed by atoms with E-state index < -0.39 is 11.9 Å². The Morgan fingerprint density at radius 1 is 0.852 bits per heavy atom. The lowest BCUT2D eigenvalue weighted by Gasteiger charge is -2.16. The van der Waals surface area contributed by atoms with Gasteiger partial charge in [0.25, 0.3) is 5.91 Å². The number of nitrogens with two attached hydrogens (primary N) is 1. The average Bonchev–Trinajstić information content (AvgIpc) is 2.69. The Morgan fingerprint density at radius 2 is 1.44 bits per heavy atom. The zero-order chi connectivity index (χ0) is 19.2. The van der Waals surface area contributed by atoms with Crippen LogP contribution in [-0.4, -0.2) is 17.9 Å². The van der Waals surface area contributed by atoms with Crippen molar-refractivity contribution in [1.29, 1.82) is 0 Å². The third-order valence-corrected chi connectivity index (χ3v) is 4.98. The van der Waals surface area contributed by atoms with Crippen LogP contribution in [0.5, 0.6) is 0 Å². The van der Waals surface area contributed by atoms with Gasteiger partial charge in [-0.25, -0.2) is 0 Å². The molecule has 5 heteroatoms. The Balaban J connectivity index is 1.70. The predicted molar refractivity (Wildman–Crippen MR) is 115 cm³/mol. The summed E-state index contributed by atoms with van der Waals surface area (Å²) in [4.78, 5) is 24.3. The van der Waals surface area contributed by atoms with Crippen molar-refractivity contribution in [3.05, 3.63) is 93.6 Å². The molecule has 0 saturated heterocycles. The van der Waals surface area contributed by atoms with Crippen LogP contribution in [0.25, 0.3) is 11.1 Å². The molecule has 0 aliphatic carbocycles. The van der Waals surface area contributed by atoms with E-state index in [0.29, 0.717) is 12.0 Å². The van der Waals surface area contributed by atoms with Crippen LogP contribution in [0, 0.1) is 3.57 Å². The fourth-order valence-electron chi connectivity index (χ4n) is 2.77. The maximum absolute atomic E-state index is 12.5. The Labute approximate surface area is 171 Å². The molecule has 3 rings (SSSR count). The van der Waals surface area contributed by atoms with E-state index in [4.69, 9.17) is 5.73 Å². The molecule has 0 aliphatic rings. The van der Waals surface area contributed by atoms with E-state index in [1.165, 1.54) is 0 Å². The van der Waals surface area contributed by atoms with E-state index in [1.54, 1.807) is 12.1 Å². The van der Waals surface area contributed by atoms with Crippen molar-refractivity contribution in [3.8, 4) is 11.1 Å². The minimum atomic E-state index is -0.758. The molecule has 0 heterocycles. The Kier molecular flexibility index (Phi) is 6.24. The second-order valence-corrected chi connectivity index (χ2v) is 7.45. The van der Waals surface area contributed by atoms with Crippen LogP contribution in [0.15, 0.2) is 78.9 Å². The summed E-state index contributed by atoms with van der Waals surface area (Å²) in [5.74, 6) is -0.869. The smallest absolute Gasteiger partial charge is 0.251 e. The maximum Gasteiger partial charge on any atom is 0.251 e. The number of carbonyl (C=O) groups excluding carboxylic acids is 2. The number of halogens is 1. The van der Waals surface area contributed by atoms with Crippen LogP contribution in [0.1, 0.15) is 15.9 Å². The van der Waals surface area contributed by atoms with Crippen LogP contribution in [-0.2, 0) is 11.2 Å². The molecule has 0 aromatic heterocycles. The van der Waals surface area contributed by atoms with Crippen LogP contribution < -0.4 is 11.1 Å². The fraction of sp³-hybridized carbons (Fsp3) is 0.0909. The van der Waals surface area contributed by atoms with E-state index in [0.717, 1.165) is 20.3 Å². The van der Waals surface area contributed by atoms with Gasteiger partial charge in [0.05, 0.1) is 0 Å². The monoisotopic (exact) mass is 470 g/mol. The van der Waals surface area contributed by atoms with Crippen molar-refractivity contribution in [2.45, 2.75) is 12.5 Å². The Hall–Kier alpha value is -2.67. The number of amides is 2. The zero-order valence-corrected chi connectivity index (χ0v) is 16.7. The highest BCUT2D eigenvalue weighted by atomic mass is 127. The summed E-state index contributed by atoms with van der Waals surface area (Å²) in [6, 6.07) is 24.2. The van der Waals surface area contributed by atoms with E-state index in [1.807, 2.05) is 66.7 Å². The van der Waals surface area contributed by atoms with Crippen LogP contribution in [0.4, 0.5) is 0 Å². The second-order valence-electron chi connectivity index (χ2n) is 6.20. The molecule has 0 saturated carbocycles. The first-order valence-corrected chi connectivity index (χ1v) is 9.61. The lowest BCUT2D eigenvalue weighted by atomic mass is 10.0. The highest BCUT2D eigenvalue weighted by Crippen LogP contribution is 2.19. The molecule has 0 bridgehead atoms. The van der Waals surface area contributed by atoms with Gasteiger partial charge in [0.2, 0.25) is 5.91 Å². The second kappa shape index (κ2) is 8.81. The van der Waals surface area contributed by atoms with Gasteiger partial charge >= 0.3 is 0 Å². The molecule has 0 spiro atoms. The first kappa shape index (κ1) is 19.1. The van der Waals surface area contributed by atoms with Gasteiger partial charge < -0.3 is 11.1 Å². The summed E-state index contributed by atoms with van der Waals surface area (Å²) in [5.41, 5.74) is 9.03. The number of benzene rings is 3. The molecule has 2 amide bonds. The predicted octanol–water partition coefficient (Wildman–Crippen LogP) is 3.78. The van der Waals surface area contributed by atoms with Gasteiger partial charge in [-0.15, -0.1) is 0 Å². The highest BCUT2D eigenvalue weighted by molar-refractivity contribution is 14.1. The summed E-state index contributed by atoms with van der Waals surface area (Å²) < 4.78 is 1.11. The van der Waals surface area contributed by atoms with E-state index in [2.05, 4.69) is 27.9 Å². The molecule has 3 aromatic rings. The van der Waals surface area contributed by atoms with Gasteiger partial charge in [-0.2, -0.15) is 0 Å². The van der Waals surface area contributed by atoms with Crippen molar-refractivity contribution in [1.82, 2.24) is 5.32 Å². The van der Waals surface area contributed by atoms with Gasteiger partial charge in [0.1, 0.15) is 6.04 Å². The number of hydrogen-bond donors (Lipinski definition) is 2. The summed E-state index contributed by atoms with van der Waals surface area (Å²) in [7, 11) is 0. The Morgan fingerprint density at radius 3 is 2.04 bits per heavy atom. The summed E-state index contributed by atoms with van der Waals surface area (Å²) in [6.45, 7) is 0. The molecule has 0 aliphatic heterocycles. The lowest BCUT2D eigenvalue weighted by Crippen LogP contribution is -2.45. The first-order chi connectivity index (χ1) is 13.0. The van der Waals surface area contributed by atoms with Gasteiger partial charge in [-0.3, -0.25) is 9.59 Å². The van der Waals surface area contributed by atoms with Crippen LogP contribution >= 0.6 is 22.6 Å². The van der Waals surface area contributed by atoms with E-state index in [9.17, 15) is 9.59 Å². The molecule has 0 radical (unpaired) electrons. The first-order valence-electron chi connectivity index (χ1n) is 8.53. The zero-order valence-electron chi connectivity index (χ0n) is 14.6. The van der Waals surface area contributed by atoms with Crippen LogP contribution in [0.3, 0.4) is 0 Å². The standard InChI is InChI=1S/C22H19IN2O2/c23-19-12-6-15(7-13-19)14-20(21(24)26)25-22(27)18-10-8-17(9-11-18)16-4-2-1-3-5-16/h1-13,20H,14H2,(H2,24,26)(H,25,27)/t20-/m1/s1. The van der Waals surface area contributed by atoms with Crippen molar-refractivity contribution in [2.24, 2.45) is 5.73 Å². The third-order valence-electron chi connectivity index (χ3n) is 4.26. The van der Waals surface area contributed by atoms with Gasteiger partial charge in [-0.05, 0) is 63.5 Å². The normalized spacial score (nSPS) is 11.6. The van der Waals surface area contributed by atoms with Crippen LogP contribution in [0.2, 0.25) is 0 Å². The van der Waals surface area contributed by atoms with Crippen molar-refractivity contribution in [2.75, 3.05) is 0 Å². The van der Waals surface area contributed by atoms with E-state index >= 15 is 0 Å². The van der Waals surface area contributed by atoms with Gasteiger partial charge in [0, 0.05) is 15.6 Å². The molecule has 27 heavy (non-hydrogen) atoms. The third kappa shape index (κ3) is 5.17. The molecular formula is C22H19IN2O2. The Bertz CT molecular complexity index is 923. The molecule has 136 valence electrons. The maximum atomic E-state index is 12.5. The van der Waals surface area contributed by atoms with Crippen molar-refractivity contribution in [3.63, 3.8) is 0 Å². The molecule has 1 atom stereocenters. The van der Waals surface area contributed by atoms with Crippen molar-refractivity contribution < 1.29 is 9.59 Å². The highest BCUT2D eigenvalue weighted by Gasteiger charge is 2.19. The number of hydrogen-bond acceptors (Lipinski definition) is 2. The molecule has 0 fully saturated rings. The summed E-state index contributed by atoms with van der Waals surface area (Å²) in [5, 5.41) is 2.74. The number of primary amides is 1. The van der Waals surface area contributed by atoms with Gasteiger partial charge in [0.15, 0.2) is 0 Å². The summed E-state index contributed by atoms with van der Waals surface area (Å²) >= 11 is 2.22. The number of nitrogens with one attached hydrogen (secondary N) is 1. The molecule has 3 aromatic carbocycles. The largest absolute Gasteiger partial charge is 0.368 e. The molecule has 4 nitrogen and oxygen atoms in total. The summed E-state index contributed by atoms with van der Waals surface area (Å²) in [6.07, 6.45) is 0.361. The molecular weight excluding hydrogens is 451 g/mol. The van der Waals surface area contributed by atoms with Gasteiger partial charge in [-0.1, -0.05) is 54.6 Å². The lowest BCUT2D eigenvalue weighted by molar-refractivity contribution is -0.119. The number of rotatable bonds is 6. The number of carbonyl (C=O) groups is 2.